The second-order valence-electron chi connectivity index (χ2n) is 3.84. The molecule has 96 valence electrons. The van der Waals surface area contributed by atoms with E-state index in [1.54, 1.807) is 35.3 Å². The lowest BCUT2D eigenvalue weighted by molar-refractivity contribution is 0.485. The number of aromatic nitrogens is 4. The van der Waals surface area contributed by atoms with E-state index >= 15 is 0 Å². The molecule has 0 aliphatic rings. The lowest BCUT2D eigenvalue weighted by Crippen LogP contribution is -1.92. The van der Waals surface area contributed by atoms with Gasteiger partial charge >= 0.3 is 0 Å². The van der Waals surface area contributed by atoms with E-state index in [1.807, 2.05) is 7.05 Å². The summed E-state index contributed by atoms with van der Waals surface area (Å²) in [6.45, 7) is 0. The van der Waals surface area contributed by atoms with Crippen molar-refractivity contribution in [3.63, 3.8) is 0 Å². The van der Waals surface area contributed by atoms with Crippen molar-refractivity contribution in [2.75, 3.05) is 0 Å². The number of nitrogens with zero attached hydrogens (tertiary/aromatic N) is 4. The van der Waals surface area contributed by atoms with Gasteiger partial charge in [0, 0.05) is 19.3 Å². The Bertz CT molecular complexity index is 741. The summed E-state index contributed by atoms with van der Waals surface area (Å²) in [4.78, 5) is 8.28. The molecule has 0 bridgehead atoms. The first-order valence-electron chi connectivity index (χ1n) is 5.42. The third-order valence-electron chi connectivity index (χ3n) is 2.57. The third kappa shape index (κ3) is 2.37. The van der Waals surface area contributed by atoms with Crippen LogP contribution in [-0.4, -0.2) is 19.7 Å². The van der Waals surface area contributed by atoms with E-state index in [2.05, 4.69) is 37.7 Å². The fourth-order valence-electron chi connectivity index (χ4n) is 1.74. The average Bonchev–Trinajstić information content (AvgIpc) is 2.69. The van der Waals surface area contributed by atoms with Crippen molar-refractivity contribution in [2.24, 2.45) is 7.05 Å². The van der Waals surface area contributed by atoms with Crippen LogP contribution in [0.2, 0.25) is 5.15 Å². The van der Waals surface area contributed by atoms with Crippen LogP contribution in [0.4, 0.5) is 0 Å². The molecule has 0 aromatic carbocycles. The maximum atomic E-state index is 5.82. The lowest BCUT2D eigenvalue weighted by atomic mass is 10.3. The summed E-state index contributed by atoms with van der Waals surface area (Å²) in [7, 11) is 1.85. The van der Waals surface area contributed by atoms with Crippen LogP contribution in [0.3, 0.4) is 0 Å². The summed E-state index contributed by atoms with van der Waals surface area (Å²) >= 11 is 7.91. The van der Waals surface area contributed by atoms with Crippen molar-refractivity contribution < 1.29 is 4.74 Å². The van der Waals surface area contributed by atoms with Gasteiger partial charge in [-0.05, 0) is 34.7 Å². The average molecular weight is 387 g/mol. The number of rotatable bonds is 2. The SMILES string of the molecule is Cn1nc(I)c2c(Oc3ccc(Cl)nc3)ccnc21. The van der Waals surface area contributed by atoms with Crippen LogP contribution in [0.5, 0.6) is 11.5 Å². The van der Waals surface area contributed by atoms with E-state index < -0.39 is 0 Å². The molecule has 0 aliphatic heterocycles. The number of halogens is 2. The minimum Gasteiger partial charge on any atom is -0.455 e. The normalized spacial score (nSPS) is 10.9. The van der Waals surface area contributed by atoms with Crippen LogP contribution in [0.15, 0.2) is 30.6 Å². The molecule has 0 aliphatic carbocycles. The van der Waals surface area contributed by atoms with Crippen LogP contribution < -0.4 is 4.74 Å². The number of ether oxygens (including phenoxy) is 1. The van der Waals surface area contributed by atoms with E-state index in [9.17, 15) is 0 Å². The molecule has 0 fully saturated rings. The number of aryl methyl sites for hydroxylation is 1. The first kappa shape index (κ1) is 12.6. The Kier molecular flexibility index (Phi) is 3.28. The van der Waals surface area contributed by atoms with E-state index in [0.29, 0.717) is 16.7 Å². The maximum Gasteiger partial charge on any atom is 0.162 e. The lowest BCUT2D eigenvalue weighted by Gasteiger charge is -2.06. The minimum absolute atomic E-state index is 0.434. The Morgan fingerprint density at radius 2 is 2.11 bits per heavy atom. The molecular formula is C12H8ClIN4O. The summed E-state index contributed by atoms with van der Waals surface area (Å²) in [5.41, 5.74) is 0.781. The van der Waals surface area contributed by atoms with Crippen LogP contribution in [0.25, 0.3) is 11.0 Å². The minimum atomic E-state index is 0.434. The van der Waals surface area contributed by atoms with Gasteiger partial charge in [-0.1, -0.05) is 11.6 Å². The van der Waals surface area contributed by atoms with E-state index in [-0.39, 0.29) is 0 Å². The highest BCUT2D eigenvalue weighted by molar-refractivity contribution is 14.1. The van der Waals surface area contributed by atoms with Gasteiger partial charge in [0.05, 0.1) is 11.6 Å². The Balaban J connectivity index is 2.08. The second kappa shape index (κ2) is 4.93. The number of hydrogen-bond donors (Lipinski definition) is 0. The predicted octanol–water partition coefficient (Wildman–Crippen LogP) is 3.41. The van der Waals surface area contributed by atoms with Crippen LogP contribution >= 0.6 is 34.2 Å². The first-order valence-corrected chi connectivity index (χ1v) is 6.87. The molecule has 0 spiro atoms. The van der Waals surface area contributed by atoms with Crippen LogP contribution in [0, 0.1) is 3.70 Å². The van der Waals surface area contributed by atoms with Crippen LogP contribution in [-0.2, 0) is 7.05 Å². The zero-order valence-corrected chi connectivity index (χ0v) is 12.8. The Morgan fingerprint density at radius 1 is 1.26 bits per heavy atom. The van der Waals surface area contributed by atoms with E-state index in [1.165, 1.54) is 0 Å². The van der Waals surface area contributed by atoms with E-state index in [0.717, 1.165) is 14.7 Å². The Hall–Kier alpha value is -1.41. The van der Waals surface area contributed by atoms with Crippen LogP contribution in [0.1, 0.15) is 0 Å². The monoisotopic (exact) mass is 386 g/mol. The molecule has 7 heteroatoms. The highest BCUT2D eigenvalue weighted by Gasteiger charge is 2.13. The zero-order chi connectivity index (χ0) is 13.4. The second-order valence-corrected chi connectivity index (χ2v) is 5.25. The van der Waals surface area contributed by atoms with Gasteiger partial charge in [0.1, 0.15) is 20.4 Å². The van der Waals surface area contributed by atoms with E-state index in [4.69, 9.17) is 16.3 Å². The molecule has 5 nitrogen and oxygen atoms in total. The fourth-order valence-corrected chi connectivity index (χ4v) is 2.68. The molecule has 0 atom stereocenters. The summed E-state index contributed by atoms with van der Waals surface area (Å²) in [5.74, 6) is 1.32. The van der Waals surface area contributed by atoms with Gasteiger partial charge in [0.25, 0.3) is 0 Å². The quantitative estimate of drug-likeness (QED) is 0.500. The predicted molar refractivity (Wildman–Crippen MR) is 80.5 cm³/mol. The Morgan fingerprint density at radius 3 is 2.84 bits per heavy atom. The number of pyridine rings is 2. The van der Waals surface area contributed by atoms with Crippen molar-refractivity contribution in [3.8, 4) is 11.5 Å². The fraction of sp³-hybridized carbons (Fsp3) is 0.0833. The van der Waals surface area contributed by atoms with Crippen molar-refractivity contribution in [2.45, 2.75) is 0 Å². The third-order valence-corrected chi connectivity index (χ3v) is 3.55. The molecule has 3 rings (SSSR count). The number of fused-ring (bicyclic) bond motifs is 1. The topological polar surface area (TPSA) is 52.8 Å². The highest BCUT2D eigenvalue weighted by Crippen LogP contribution is 2.31. The van der Waals surface area contributed by atoms with Gasteiger partial charge in [-0.2, -0.15) is 5.10 Å². The van der Waals surface area contributed by atoms with Crippen molar-refractivity contribution in [1.29, 1.82) is 0 Å². The summed E-state index contributed by atoms with van der Waals surface area (Å²) < 4.78 is 8.40. The van der Waals surface area contributed by atoms with Gasteiger partial charge in [0.2, 0.25) is 0 Å². The summed E-state index contributed by atoms with van der Waals surface area (Å²) in [6, 6.07) is 5.26. The van der Waals surface area contributed by atoms with Crippen molar-refractivity contribution >= 4 is 45.2 Å². The van der Waals surface area contributed by atoms with Gasteiger partial charge in [-0.3, -0.25) is 0 Å². The molecule has 0 N–H and O–H groups in total. The molecule has 3 aromatic heterocycles. The largest absolute Gasteiger partial charge is 0.455 e. The van der Waals surface area contributed by atoms with Gasteiger partial charge in [0.15, 0.2) is 5.65 Å². The van der Waals surface area contributed by atoms with Gasteiger partial charge in [-0.15, -0.1) is 0 Å². The number of hydrogen-bond acceptors (Lipinski definition) is 4. The molecular weight excluding hydrogens is 379 g/mol. The van der Waals surface area contributed by atoms with Gasteiger partial charge < -0.3 is 4.74 Å². The standard InChI is InChI=1S/C12H8ClIN4O/c1-18-12-10(11(14)17-18)8(4-5-15-12)19-7-2-3-9(13)16-6-7/h2-6H,1H3. The summed E-state index contributed by atoms with van der Waals surface area (Å²) in [5, 5.41) is 5.65. The molecule has 0 amide bonds. The summed E-state index contributed by atoms with van der Waals surface area (Å²) in [6.07, 6.45) is 3.27. The molecule has 0 unspecified atom stereocenters. The molecule has 3 heterocycles. The highest BCUT2D eigenvalue weighted by atomic mass is 127. The smallest absolute Gasteiger partial charge is 0.162 e. The van der Waals surface area contributed by atoms with Crippen molar-refractivity contribution in [3.05, 3.63) is 39.4 Å². The van der Waals surface area contributed by atoms with Crippen molar-refractivity contribution in [1.82, 2.24) is 19.7 Å². The maximum absolute atomic E-state index is 5.82. The Labute approximate surface area is 127 Å². The molecule has 3 aromatic rings. The van der Waals surface area contributed by atoms with Gasteiger partial charge in [-0.25, -0.2) is 14.6 Å². The molecule has 0 saturated carbocycles. The first-order chi connectivity index (χ1) is 9.15. The zero-order valence-electron chi connectivity index (χ0n) is 9.84. The molecule has 0 saturated heterocycles. The molecule has 19 heavy (non-hydrogen) atoms. The molecule has 0 radical (unpaired) electrons.